The fourth-order valence-electron chi connectivity index (χ4n) is 3.40. The van der Waals surface area contributed by atoms with Gasteiger partial charge in [0.05, 0.1) is 18.1 Å². The summed E-state index contributed by atoms with van der Waals surface area (Å²) in [4.78, 5) is 27.7. The Kier molecular flexibility index (Phi) is 5.91. The minimum atomic E-state index is -1.00. The lowest BCUT2D eigenvalue weighted by Crippen LogP contribution is -2.55. The van der Waals surface area contributed by atoms with E-state index in [2.05, 4.69) is 0 Å². The number of piperazine rings is 1. The molecule has 1 amide bonds. The Bertz CT molecular complexity index is 877. The van der Waals surface area contributed by atoms with Gasteiger partial charge in [-0.2, -0.15) is 0 Å². The lowest BCUT2D eigenvalue weighted by molar-refractivity contribution is -0.384. The third kappa shape index (κ3) is 4.59. The number of carbonyl (C=O) groups excluding carboxylic acids is 1. The van der Waals surface area contributed by atoms with Gasteiger partial charge in [-0.1, -0.05) is 18.2 Å². The van der Waals surface area contributed by atoms with E-state index in [9.17, 15) is 14.9 Å². The molecule has 0 spiro atoms. The maximum Gasteiger partial charge on any atom is 0.296 e. The normalized spacial score (nSPS) is 14.4. The highest BCUT2D eigenvalue weighted by molar-refractivity contribution is 5.85. The average molecular weight is 399 g/mol. The highest BCUT2D eigenvalue weighted by Crippen LogP contribution is 2.33. The predicted molar refractivity (Wildman–Crippen MR) is 110 cm³/mol. The number of rotatable bonds is 6. The lowest BCUT2D eigenvalue weighted by atomic mass is 10.1. The van der Waals surface area contributed by atoms with E-state index < -0.39 is 10.5 Å². The molecule has 2 aromatic rings. The van der Waals surface area contributed by atoms with Crippen LogP contribution < -0.4 is 14.4 Å². The van der Waals surface area contributed by atoms with E-state index in [0.717, 1.165) is 0 Å². The molecule has 8 heteroatoms. The Labute approximate surface area is 169 Å². The quantitative estimate of drug-likeness (QED) is 0.548. The van der Waals surface area contributed by atoms with E-state index in [4.69, 9.17) is 9.47 Å². The van der Waals surface area contributed by atoms with Crippen molar-refractivity contribution in [3.8, 4) is 11.5 Å². The summed E-state index contributed by atoms with van der Waals surface area (Å²) >= 11 is 0. The average Bonchev–Trinajstić information content (AvgIpc) is 2.73. The summed E-state index contributed by atoms with van der Waals surface area (Å²) in [6.07, 6.45) is 0. The molecular formula is C21H25N3O5. The van der Waals surface area contributed by atoms with E-state index in [1.54, 1.807) is 30.9 Å². The van der Waals surface area contributed by atoms with Crippen molar-refractivity contribution >= 4 is 17.3 Å². The molecule has 0 saturated carbocycles. The van der Waals surface area contributed by atoms with Crippen molar-refractivity contribution in [2.24, 2.45) is 0 Å². The molecule has 1 aliphatic rings. The number of carbonyl (C=O) groups is 1. The molecule has 1 saturated heterocycles. The van der Waals surface area contributed by atoms with Gasteiger partial charge in [-0.15, -0.1) is 0 Å². The fraction of sp³-hybridized carbons (Fsp3) is 0.381. The molecule has 29 heavy (non-hydrogen) atoms. The number of nitro groups is 1. The zero-order valence-corrected chi connectivity index (χ0v) is 16.8. The second kappa shape index (κ2) is 8.38. The summed E-state index contributed by atoms with van der Waals surface area (Å²) in [5.41, 5.74) is -0.477. The van der Waals surface area contributed by atoms with Crippen LogP contribution in [-0.2, 0) is 4.79 Å². The Balaban J connectivity index is 1.67. The highest BCUT2D eigenvalue weighted by Gasteiger charge is 2.36. The van der Waals surface area contributed by atoms with Crippen LogP contribution in [0.3, 0.4) is 0 Å². The highest BCUT2D eigenvalue weighted by atomic mass is 16.6. The van der Waals surface area contributed by atoms with Crippen LogP contribution in [0.4, 0.5) is 11.4 Å². The first-order chi connectivity index (χ1) is 13.8. The number of nitrogens with zero attached hydrogens (tertiary/aromatic N) is 3. The first kappa shape index (κ1) is 20.4. The molecule has 3 rings (SSSR count). The van der Waals surface area contributed by atoms with Crippen LogP contribution in [0, 0.1) is 10.1 Å². The molecule has 0 aliphatic carbocycles. The molecule has 0 radical (unpaired) electrons. The molecule has 0 bridgehead atoms. The molecule has 1 fully saturated rings. The summed E-state index contributed by atoms with van der Waals surface area (Å²) in [6, 6.07) is 14.1. The fourth-order valence-corrected chi connectivity index (χ4v) is 3.40. The van der Waals surface area contributed by atoms with Crippen molar-refractivity contribution in [1.82, 2.24) is 4.90 Å². The van der Waals surface area contributed by atoms with Crippen molar-refractivity contribution in [2.45, 2.75) is 19.4 Å². The predicted octanol–water partition coefficient (Wildman–Crippen LogP) is 3.11. The molecule has 154 valence electrons. The molecule has 1 heterocycles. The minimum absolute atomic E-state index is 0.00290. The van der Waals surface area contributed by atoms with Gasteiger partial charge in [-0.3, -0.25) is 14.9 Å². The van der Waals surface area contributed by atoms with Gasteiger partial charge in [0, 0.05) is 26.2 Å². The molecule has 1 aliphatic heterocycles. The van der Waals surface area contributed by atoms with Crippen molar-refractivity contribution in [1.29, 1.82) is 0 Å². The van der Waals surface area contributed by atoms with E-state index in [-0.39, 0.29) is 11.6 Å². The van der Waals surface area contributed by atoms with Crippen molar-refractivity contribution < 1.29 is 19.2 Å². The SMILES string of the molecule is COc1ccc(N2CCN(C(=O)C(C)(C)Oc3ccccc3)CC2)c([N+](=O)[O-])c1. The van der Waals surface area contributed by atoms with Gasteiger partial charge in [-0.05, 0) is 38.1 Å². The number of hydrogen-bond donors (Lipinski definition) is 0. The van der Waals surface area contributed by atoms with Crippen LogP contribution in [0.25, 0.3) is 0 Å². The Morgan fingerprint density at radius 1 is 1.03 bits per heavy atom. The Morgan fingerprint density at radius 3 is 2.28 bits per heavy atom. The molecule has 0 N–H and O–H groups in total. The Morgan fingerprint density at radius 2 is 1.69 bits per heavy atom. The number of para-hydroxylation sites is 1. The van der Waals surface area contributed by atoms with Gasteiger partial charge in [0.15, 0.2) is 5.60 Å². The van der Waals surface area contributed by atoms with Crippen LogP contribution in [0.2, 0.25) is 0 Å². The topological polar surface area (TPSA) is 85.2 Å². The van der Waals surface area contributed by atoms with E-state index >= 15 is 0 Å². The van der Waals surface area contributed by atoms with Crippen molar-refractivity contribution in [2.75, 3.05) is 38.2 Å². The number of nitro benzene ring substituents is 1. The lowest BCUT2D eigenvalue weighted by Gasteiger charge is -2.39. The van der Waals surface area contributed by atoms with Crippen molar-refractivity contribution in [3.05, 3.63) is 58.6 Å². The molecule has 0 unspecified atom stereocenters. The van der Waals surface area contributed by atoms with Gasteiger partial charge in [0.1, 0.15) is 17.2 Å². The monoisotopic (exact) mass is 399 g/mol. The third-order valence-electron chi connectivity index (χ3n) is 4.92. The van der Waals surface area contributed by atoms with Gasteiger partial charge in [0.25, 0.3) is 11.6 Å². The van der Waals surface area contributed by atoms with E-state index in [1.807, 2.05) is 35.2 Å². The molecule has 8 nitrogen and oxygen atoms in total. The summed E-state index contributed by atoms with van der Waals surface area (Å²) in [5, 5.41) is 11.5. The van der Waals surface area contributed by atoms with Crippen LogP contribution in [0.5, 0.6) is 11.5 Å². The number of benzene rings is 2. The van der Waals surface area contributed by atoms with Gasteiger partial charge in [-0.25, -0.2) is 0 Å². The first-order valence-electron chi connectivity index (χ1n) is 9.42. The number of amides is 1. The summed E-state index contributed by atoms with van der Waals surface area (Å²) in [7, 11) is 1.47. The maximum atomic E-state index is 13.0. The summed E-state index contributed by atoms with van der Waals surface area (Å²) < 4.78 is 11.0. The van der Waals surface area contributed by atoms with Crippen LogP contribution in [-0.4, -0.2) is 54.6 Å². The second-order valence-corrected chi connectivity index (χ2v) is 7.32. The third-order valence-corrected chi connectivity index (χ3v) is 4.92. The van der Waals surface area contributed by atoms with Crippen LogP contribution >= 0.6 is 0 Å². The largest absolute Gasteiger partial charge is 0.496 e. The second-order valence-electron chi connectivity index (χ2n) is 7.32. The van der Waals surface area contributed by atoms with E-state index in [1.165, 1.54) is 13.2 Å². The summed E-state index contributed by atoms with van der Waals surface area (Å²) in [6.45, 7) is 5.43. The molecule has 0 atom stereocenters. The number of hydrogen-bond acceptors (Lipinski definition) is 6. The standard InChI is InChI=1S/C21H25N3O5/c1-21(2,29-16-7-5-4-6-8-16)20(25)23-13-11-22(12-14-23)18-10-9-17(28-3)15-19(18)24(26)27/h4-10,15H,11-14H2,1-3H3. The first-order valence-corrected chi connectivity index (χ1v) is 9.42. The smallest absolute Gasteiger partial charge is 0.296 e. The van der Waals surface area contributed by atoms with Gasteiger partial charge < -0.3 is 19.3 Å². The maximum absolute atomic E-state index is 13.0. The number of ether oxygens (including phenoxy) is 2. The van der Waals surface area contributed by atoms with Crippen molar-refractivity contribution in [3.63, 3.8) is 0 Å². The number of anilines is 1. The zero-order chi connectivity index (χ0) is 21.0. The molecular weight excluding hydrogens is 374 g/mol. The Hall–Kier alpha value is -3.29. The van der Waals surface area contributed by atoms with Crippen LogP contribution in [0.1, 0.15) is 13.8 Å². The van der Waals surface area contributed by atoms with E-state index in [0.29, 0.717) is 43.4 Å². The summed E-state index contributed by atoms with van der Waals surface area (Å²) in [5.74, 6) is 0.970. The minimum Gasteiger partial charge on any atom is -0.496 e. The van der Waals surface area contributed by atoms with Crippen LogP contribution in [0.15, 0.2) is 48.5 Å². The molecule has 0 aromatic heterocycles. The number of methoxy groups -OCH3 is 1. The van der Waals surface area contributed by atoms with Gasteiger partial charge >= 0.3 is 0 Å². The molecule has 2 aromatic carbocycles. The zero-order valence-electron chi connectivity index (χ0n) is 16.8. The van der Waals surface area contributed by atoms with Gasteiger partial charge in [0.2, 0.25) is 0 Å².